The van der Waals surface area contributed by atoms with Crippen molar-refractivity contribution in [2.24, 2.45) is 0 Å². The van der Waals surface area contributed by atoms with E-state index < -0.39 is 0 Å². The Morgan fingerprint density at radius 1 is 1.33 bits per heavy atom. The average molecular weight is 242 g/mol. The van der Waals surface area contributed by atoms with Crippen LogP contribution in [-0.2, 0) is 5.54 Å². The zero-order valence-corrected chi connectivity index (χ0v) is 10.6. The summed E-state index contributed by atoms with van der Waals surface area (Å²) >= 11 is 0. The first-order valence-corrected chi connectivity index (χ1v) is 5.84. The normalized spacial score (nSPS) is 15.5. The molecule has 1 aromatic carbocycles. The molecule has 0 atom stereocenters. The number of hydrogen-bond donors (Lipinski definition) is 1. The van der Waals surface area contributed by atoms with E-state index in [1.54, 1.807) is 6.07 Å². The van der Waals surface area contributed by atoms with Crippen molar-refractivity contribution in [2.75, 3.05) is 5.32 Å². The van der Waals surface area contributed by atoms with Gasteiger partial charge in [0.1, 0.15) is 5.82 Å². The largest absolute Gasteiger partial charge is 0.371 e. The molecule has 1 aromatic heterocycles. The summed E-state index contributed by atoms with van der Waals surface area (Å²) in [6, 6.07) is 5.64. The van der Waals surface area contributed by atoms with Crippen LogP contribution in [-0.4, -0.2) is 21.1 Å². The molecule has 18 heavy (non-hydrogen) atoms. The molecule has 0 radical (unpaired) electrons. The first-order valence-electron chi connectivity index (χ1n) is 5.84. The maximum absolute atomic E-state index is 11.2. The quantitative estimate of drug-likeness (QED) is 0.777. The Hall–Kier alpha value is -2.17. The van der Waals surface area contributed by atoms with Crippen molar-refractivity contribution in [1.82, 2.24) is 14.8 Å². The van der Waals surface area contributed by atoms with E-state index in [9.17, 15) is 4.79 Å². The van der Waals surface area contributed by atoms with Crippen LogP contribution >= 0.6 is 0 Å². The van der Waals surface area contributed by atoms with Crippen molar-refractivity contribution in [3.05, 3.63) is 35.4 Å². The van der Waals surface area contributed by atoms with Gasteiger partial charge in [0.15, 0.2) is 12.1 Å². The second kappa shape index (κ2) is 3.41. The van der Waals surface area contributed by atoms with Gasteiger partial charge in [0.25, 0.3) is 0 Å². The van der Waals surface area contributed by atoms with Crippen molar-refractivity contribution in [1.29, 1.82) is 0 Å². The van der Waals surface area contributed by atoms with E-state index in [1.807, 2.05) is 37.5 Å². The van der Waals surface area contributed by atoms with Gasteiger partial charge >= 0.3 is 0 Å². The van der Waals surface area contributed by atoms with Crippen molar-refractivity contribution in [3.8, 4) is 5.69 Å². The zero-order valence-electron chi connectivity index (χ0n) is 10.6. The van der Waals surface area contributed by atoms with E-state index in [2.05, 4.69) is 15.5 Å². The maximum Gasteiger partial charge on any atom is 0.162 e. The topological polar surface area (TPSA) is 59.8 Å². The molecule has 1 N–H and O–H groups in total. The van der Waals surface area contributed by atoms with Gasteiger partial charge in [-0.3, -0.25) is 9.36 Å². The number of hydrogen-bond acceptors (Lipinski definition) is 4. The smallest absolute Gasteiger partial charge is 0.162 e. The predicted molar refractivity (Wildman–Crippen MR) is 68.1 cm³/mol. The lowest BCUT2D eigenvalue weighted by molar-refractivity contribution is 0.112. The molecular formula is C13H14N4O. The molecule has 1 aliphatic rings. The number of nitrogens with zero attached hydrogens (tertiary/aromatic N) is 3. The molecule has 0 amide bonds. The summed E-state index contributed by atoms with van der Waals surface area (Å²) < 4.78 is 1.95. The number of nitrogens with one attached hydrogen (secondary N) is 1. The van der Waals surface area contributed by atoms with Crippen molar-refractivity contribution >= 4 is 12.0 Å². The van der Waals surface area contributed by atoms with Crippen molar-refractivity contribution < 1.29 is 4.79 Å². The van der Waals surface area contributed by atoms with E-state index in [0.717, 1.165) is 29.3 Å². The number of aromatic nitrogens is 3. The summed E-state index contributed by atoms with van der Waals surface area (Å²) in [5.74, 6) is 1.61. The van der Waals surface area contributed by atoms with Gasteiger partial charge in [0, 0.05) is 5.56 Å². The minimum absolute atomic E-state index is 0.310. The molecule has 2 heterocycles. The van der Waals surface area contributed by atoms with Crippen LogP contribution in [0.1, 0.15) is 35.9 Å². The first kappa shape index (κ1) is 11.0. The Morgan fingerprint density at radius 2 is 2.11 bits per heavy atom. The Morgan fingerprint density at radius 3 is 2.83 bits per heavy atom. The summed E-state index contributed by atoms with van der Waals surface area (Å²) in [4.78, 5) is 11.2. The molecular weight excluding hydrogens is 228 g/mol. The molecule has 0 saturated carbocycles. The second-order valence-electron chi connectivity index (χ2n) is 5.02. The van der Waals surface area contributed by atoms with Gasteiger partial charge in [-0.1, -0.05) is 6.07 Å². The standard InChI is InChI=1S/C13H14N4O/c1-8-15-16-12-13(2,3)14-10-6-4-5-9(7-18)11(10)17(8)12/h4-7,14H,1-3H3. The monoisotopic (exact) mass is 242 g/mol. The van der Waals surface area contributed by atoms with Gasteiger partial charge in [-0.25, -0.2) is 0 Å². The molecule has 1 aliphatic heterocycles. The Kier molecular flexibility index (Phi) is 2.08. The molecule has 5 heteroatoms. The van der Waals surface area contributed by atoms with Gasteiger partial charge in [-0.2, -0.15) is 0 Å². The number of benzene rings is 1. The van der Waals surface area contributed by atoms with E-state index in [0.29, 0.717) is 5.56 Å². The van der Waals surface area contributed by atoms with Crippen LogP contribution in [0.15, 0.2) is 18.2 Å². The van der Waals surface area contributed by atoms with E-state index in [4.69, 9.17) is 0 Å². The molecule has 0 saturated heterocycles. The van der Waals surface area contributed by atoms with Crippen LogP contribution in [0.3, 0.4) is 0 Å². The minimum Gasteiger partial charge on any atom is -0.371 e. The summed E-state index contributed by atoms with van der Waals surface area (Å²) in [7, 11) is 0. The Bertz CT molecular complexity index is 642. The van der Waals surface area contributed by atoms with E-state index in [1.165, 1.54) is 0 Å². The summed E-state index contributed by atoms with van der Waals surface area (Å²) in [6.07, 6.45) is 0.863. The molecule has 92 valence electrons. The lowest BCUT2D eigenvalue weighted by atomic mass is 9.98. The third-order valence-corrected chi connectivity index (χ3v) is 3.25. The number of anilines is 1. The van der Waals surface area contributed by atoms with Gasteiger partial charge in [-0.05, 0) is 32.9 Å². The summed E-state index contributed by atoms with van der Waals surface area (Å²) in [5, 5.41) is 11.7. The predicted octanol–water partition coefficient (Wildman–Crippen LogP) is 2.05. The highest BCUT2D eigenvalue weighted by Crippen LogP contribution is 2.37. The molecule has 0 aliphatic carbocycles. The highest BCUT2D eigenvalue weighted by molar-refractivity contribution is 5.87. The number of rotatable bonds is 1. The number of carbonyl (C=O) groups excluding carboxylic acids is 1. The van der Waals surface area contributed by atoms with Gasteiger partial charge < -0.3 is 5.32 Å². The van der Waals surface area contributed by atoms with E-state index in [-0.39, 0.29) is 5.54 Å². The van der Waals surface area contributed by atoms with Crippen LogP contribution < -0.4 is 5.32 Å². The summed E-state index contributed by atoms with van der Waals surface area (Å²) in [5.41, 5.74) is 2.10. The van der Waals surface area contributed by atoms with E-state index >= 15 is 0 Å². The lowest BCUT2D eigenvalue weighted by Gasteiger charge is -2.34. The third kappa shape index (κ3) is 1.30. The molecule has 3 rings (SSSR count). The molecule has 0 fully saturated rings. The lowest BCUT2D eigenvalue weighted by Crippen LogP contribution is -2.36. The SMILES string of the molecule is Cc1nnc2n1-c1c(C=O)cccc1NC2(C)C. The van der Waals surface area contributed by atoms with Gasteiger partial charge in [0.05, 0.1) is 16.9 Å². The van der Waals surface area contributed by atoms with Gasteiger partial charge in [-0.15, -0.1) is 10.2 Å². The molecule has 5 nitrogen and oxygen atoms in total. The van der Waals surface area contributed by atoms with Crippen LogP contribution in [0.5, 0.6) is 0 Å². The number of aldehydes is 1. The van der Waals surface area contributed by atoms with Crippen LogP contribution in [0.4, 0.5) is 5.69 Å². The Labute approximate surface area is 105 Å². The third-order valence-electron chi connectivity index (χ3n) is 3.25. The molecule has 0 bridgehead atoms. The average Bonchev–Trinajstić information content (AvgIpc) is 2.71. The van der Waals surface area contributed by atoms with Crippen LogP contribution in [0, 0.1) is 6.92 Å². The fraction of sp³-hybridized carbons (Fsp3) is 0.308. The van der Waals surface area contributed by atoms with Crippen LogP contribution in [0.25, 0.3) is 5.69 Å². The summed E-state index contributed by atoms with van der Waals surface area (Å²) in [6.45, 7) is 5.98. The molecule has 0 spiro atoms. The van der Waals surface area contributed by atoms with Crippen LogP contribution in [0.2, 0.25) is 0 Å². The van der Waals surface area contributed by atoms with Gasteiger partial charge in [0.2, 0.25) is 0 Å². The zero-order chi connectivity index (χ0) is 12.9. The van der Waals surface area contributed by atoms with Crippen molar-refractivity contribution in [2.45, 2.75) is 26.3 Å². The fourth-order valence-electron chi connectivity index (χ4n) is 2.43. The second-order valence-corrected chi connectivity index (χ2v) is 5.02. The van der Waals surface area contributed by atoms with Crippen molar-refractivity contribution in [3.63, 3.8) is 0 Å². The molecule has 0 unspecified atom stereocenters. The fourth-order valence-corrected chi connectivity index (χ4v) is 2.43. The minimum atomic E-state index is -0.310. The number of aryl methyl sites for hydroxylation is 1. The number of fused-ring (bicyclic) bond motifs is 3. The Balaban J connectivity index is 2.40. The number of carbonyl (C=O) groups is 1. The number of para-hydroxylation sites is 1. The molecule has 2 aromatic rings. The highest BCUT2D eigenvalue weighted by Gasteiger charge is 2.34. The first-order chi connectivity index (χ1) is 8.54. The highest BCUT2D eigenvalue weighted by atomic mass is 16.1. The maximum atomic E-state index is 11.2.